The number of aromatic nitrogens is 7. The number of nitrogens with zero attached hydrogens (tertiary/aromatic N) is 7. The highest BCUT2D eigenvalue weighted by Crippen LogP contribution is 2.06. The predicted molar refractivity (Wildman–Crippen MR) is 79.1 cm³/mol. The fourth-order valence-electron chi connectivity index (χ4n) is 1.92. The number of carbonyl (C=O) groups is 1. The summed E-state index contributed by atoms with van der Waals surface area (Å²) >= 11 is 0. The molecule has 1 N–H and O–H groups in total. The number of benzene rings is 1. The predicted octanol–water partition coefficient (Wildman–Crippen LogP) is -0.149. The molecule has 2 aromatic heterocycles. The van der Waals surface area contributed by atoms with Gasteiger partial charge < -0.3 is 0 Å². The van der Waals surface area contributed by atoms with Gasteiger partial charge in [-0.15, -0.1) is 5.10 Å². The lowest BCUT2D eigenvalue weighted by Crippen LogP contribution is -2.33. The molecule has 0 aliphatic heterocycles. The van der Waals surface area contributed by atoms with E-state index in [-0.39, 0.29) is 17.5 Å². The Kier molecular flexibility index (Phi) is 3.82. The first-order chi connectivity index (χ1) is 11.5. The van der Waals surface area contributed by atoms with Crippen LogP contribution in [0.15, 0.2) is 29.1 Å². The Morgan fingerprint density at radius 1 is 1.25 bits per heavy atom. The first kappa shape index (κ1) is 15.4. The van der Waals surface area contributed by atoms with Crippen molar-refractivity contribution in [1.82, 2.24) is 35.0 Å². The van der Waals surface area contributed by atoms with Gasteiger partial charge in [0.2, 0.25) is 5.95 Å². The third-order valence-corrected chi connectivity index (χ3v) is 3.05. The van der Waals surface area contributed by atoms with Crippen molar-refractivity contribution in [3.63, 3.8) is 0 Å². The zero-order valence-electron chi connectivity index (χ0n) is 12.6. The van der Waals surface area contributed by atoms with Crippen molar-refractivity contribution in [2.24, 2.45) is 7.05 Å². The van der Waals surface area contributed by atoms with Gasteiger partial charge in [-0.1, -0.05) is 5.10 Å². The molecule has 0 aliphatic carbocycles. The smallest absolute Gasteiger partial charge is 0.288 e. The van der Waals surface area contributed by atoms with Gasteiger partial charge in [-0.2, -0.15) is 4.68 Å². The number of anilines is 1. The highest BCUT2D eigenvalue weighted by atomic mass is 19.1. The average Bonchev–Trinajstić information content (AvgIpc) is 2.95. The van der Waals surface area contributed by atoms with Crippen molar-refractivity contribution < 1.29 is 9.18 Å². The maximum absolute atomic E-state index is 13.0. The van der Waals surface area contributed by atoms with Crippen LogP contribution in [0.5, 0.6) is 0 Å². The molecular formula is C13H11FN8O2. The van der Waals surface area contributed by atoms with E-state index >= 15 is 0 Å². The standard InChI is InChI=1S/C13H11FN8O2/c1-7-15-10(11(23)16-13-17-19-20-21(13)2)12(24)22(18-7)9-5-3-8(14)4-6-9/h3-6H,1-2H3,(H,16,17,20,23). The number of hydrogen-bond acceptors (Lipinski definition) is 7. The summed E-state index contributed by atoms with van der Waals surface area (Å²) in [4.78, 5) is 28.7. The van der Waals surface area contributed by atoms with Crippen LogP contribution in [0, 0.1) is 12.7 Å². The molecule has 11 heteroatoms. The van der Waals surface area contributed by atoms with Crippen LogP contribution in [0.25, 0.3) is 5.69 Å². The van der Waals surface area contributed by atoms with Crippen LogP contribution in [-0.4, -0.2) is 40.9 Å². The SMILES string of the molecule is Cc1nc(C(=O)Nc2nnnn2C)c(=O)n(-c2ccc(F)cc2)n1. The molecule has 3 aromatic rings. The Balaban J connectivity index is 2.03. The number of carbonyl (C=O) groups excluding carboxylic acids is 1. The zero-order valence-corrected chi connectivity index (χ0v) is 12.6. The van der Waals surface area contributed by atoms with Crippen LogP contribution in [0.2, 0.25) is 0 Å². The van der Waals surface area contributed by atoms with Gasteiger partial charge in [0.05, 0.1) is 5.69 Å². The molecule has 0 radical (unpaired) electrons. The maximum Gasteiger partial charge on any atom is 0.303 e. The van der Waals surface area contributed by atoms with Crippen LogP contribution >= 0.6 is 0 Å². The molecular weight excluding hydrogens is 319 g/mol. The summed E-state index contributed by atoms with van der Waals surface area (Å²) in [5.41, 5.74) is -0.823. The monoisotopic (exact) mass is 330 g/mol. The van der Waals surface area contributed by atoms with Crippen molar-refractivity contribution in [2.75, 3.05) is 5.32 Å². The molecule has 0 bridgehead atoms. The van der Waals surface area contributed by atoms with Crippen LogP contribution < -0.4 is 10.9 Å². The van der Waals surface area contributed by atoms with E-state index < -0.39 is 17.3 Å². The molecule has 1 amide bonds. The molecule has 3 rings (SSSR count). The third kappa shape index (κ3) is 2.86. The van der Waals surface area contributed by atoms with Gasteiger partial charge >= 0.3 is 5.56 Å². The highest BCUT2D eigenvalue weighted by molar-refractivity contribution is 6.01. The van der Waals surface area contributed by atoms with E-state index in [4.69, 9.17) is 0 Å². The summed E-state index contributed by atoms with van der Waals surface area (Å²) < 4.78 is 15.2. The van der Waals surface area contributed by atoms with Crippen LogP contribution in [0.1, 0.15) is 16.3 Å². The van der Waals surface area contributed by atoms with Gasteiger partial charge in [-0.3, -0.25) is 14.9 Å². The van der Waals surface area contributed by atoms with Crippen LogP contribution in [0.3, 0.4) is 0 Å². The van der Waals surface area contributed by atoms with Gasteiger partial charge in [-0.05, 0) is 41.6 Å². The lowest BCUT2D eigenvalue weighted by molar-refractivity contribution is 0.101. The molecule has 10 nitrogen and oxygen atoms in total. The third-order valence-electron chi connectivity index (χ3n) is 3.05. The second-order valence-electron chi connectivity index (χ2n) is 4.78. The van der Waals surface area contributed by atoms with Gasteiger partial charge in [0.15, 0.2) is 5.69 Å². The normalized spacial score (nSPS) is 10.6. The van der Waals surface area contributed by atoms with Gasteiger partial charge in [0.1, 0.15) is 11.6 Å². The van der Waals surface area contributed by atoms with Crippen LogP contribution in [0.4, 0.5) is 10.3 Å². The van der Waals surface area contributed by atoms with Gasteiger partial charge in [0.25, 0.3) is 5.91 Å². The first-order valence-electron chi connectivity index (χ1n) is 6.73. The first-order valence-corrected chi connectivity index (χ1v) is 6.73. The fraction of sp³-hybridized carbons (Fsp3) is 0.154. The second-order valence-corrected chi connectivity index (χ2v) is 4.78. The average molecular weight is 330 g/mol. The van der Waals surface area contributed by atoms with E-state index in [1.807, 2.05) is 0 Å². The van der Waals surface area contributed by atoms with E-state index in [9.17, 15) is 14.0 Å². The Bertz CT molecular complexity index is 963. The van der Waals surface area contributed by atoms with Crippen molar-refractivity contribution in [3.8, 4) is 5.69 Å². The van der Waals surface area contributed by atoms with E-state index in [0.717, 1.165) is 4.68 Å². The Morgan fingerprint density at radius 3 is 2.58 bits per heavy atom. The van der Waals surface area contributed by atoms with Crippen LogP contribution in [-0.2, 0) is 7.05 Å². The van der Waals surface area contributed by atoms with Crippen molar-refractivity contribution in [1.29, 1.82) is 0 Å². The molecule has 24 heavy (non-hydrogen) atoms. The molecule has 122 valence electrons. The molecule has 1 aromatic carbocycles. The summed E-state index contributed by atoms with van der Waals surface area (Å²) in [7, 11) is 1.53. The fourth-order valence-corrected chi connectivity index (χ4v) is 1.92. The van der Waals surface area contributed by atoms with Gasteiger partial charge in [-0.25, -0.2) is 14.1 Å². The molecule has 0 saturated carbocycles. The number of tetrazole rings is 1. The van der Waals surface area contributed by atoms with Crippen molar-refractivity contribution in [2.45, 2.75) is 6.92 Å². The molecule has 0 spiro atoms. The van der Waals surface area contributed by atoms with Gasteiger partial charge in [0, 0.05) is 7.05 Å². The molecule has 0 atom stereocenters. The quantitative estimate of drug-likeness (QED) is 0.709. The van der Waals surface area contributed by atoms with E-state index in [2.05, 4.69) is 30.9 Å². The second kappa shape index (κ2) is 5.95. The molecule has 0 aliphatic rings. The Morgan fingerprint density at radius 2 is 1.96 bits per heavy atom. The lowest BCUT2D eigenvalue weighted by atomic mass is 10.3. The number of nitrogens with one attached hydrogen (secondary N) is 1. The summed E-state index contributed by atoms with van der Waals surface area (Å²) in [6.45, 7) is 1.53. The number of amides is 1. The van der Waals surface area contributed by atoms with E-state index in [1.165, 1.54) is 42.9 Å². The summed E-state index contributed by atoms with van der Waals surface area (Å²) in [5, 5.41) is 16.9. The Hall–Kier alpha value is -3.50. The Labute approximate surface area is 133 Å². The topological polar surface area (TPSA) is 120 Å². The number of halogens is 1. The molecule has 0 unspecified atom stereocenters. The summed E-state index contributed by atoms with van der Waals surface area (Å²) in [6.07, 6.45) is 0. The zero-order chi connectivity index (χ0) is 17.3. The molecule has 0 fully saturated rings. The minimum Gasteiger partial charge on any atom is -0.288 e. The minimum atomic E-state index is -0.778. The molecule has 0 saturated heterocycles. The summed E-state index contributed by atoms with van der Waals surface area (Å²) in [6, 6.07) is 5.11. The summed E-state index contributed by atoms with van der Waals surface area (Å²) in [5.74, 6) is -0.978. The number of rotatable bonds is 3. The van der Waals surface area contributed by atoms with E-state index in [0.29, 0.717) is 5.69 Å². The molecule has 2 heterocycles. The number of hydrogen-bond donors (Lipinski definition) is 1. The lowest BCUT2D eigenvalue weighted by Gasteiger charge is -2.08. The van der Waals surface area contributed by atoms with E-state index in [1.54, 1.807) is 0 Å². The van der Waals surface area contributed by atoms with Crippen molar-refractivity contribution >= 4 is 11.9 Å². The van der Waals surface area contributed by atoms with Crippen molar-refractivity contribution in [3.05, 3.63) is 52.0 Å². The number of aryl methyl sites for hydroxylation is 2. The highest BCUT2D eigenvalue weighted by Gasteiger charge is 2.19. The largest absolute Gasteiger partial charge is 0.303 e. The minimum absolute atomic E-state index is 0.0593. The maximum atomic E-state index is 13.0.